The molecule has 1 amide bonds. The molecule has 7 nitrogen and oxygen atoms in total. The standard InChI is InChI=1S/C22H28N2O5S/c1-16(2)29-18-8-6-17(7-9-18)15-23-22(25)20-14-19(10-11-21(20)28-3)30(26,27)24-12-4-5-13-24/h6-11,14,16H,4-5,12-13,15H2,1-3H3,(H,23,25). The van der Waals surface area contributed by atoms with E-state index in [0.717, 1.165) is 24.2 Å². The third-order valence-electron chi connectivity index (χ3n) is 4.87. The maximum absolute atomic E-state index is 12.8. The Bertz CT molecular complexity index is 981. The molecule has 0 bridgehead atoms. The van der Waals surface area contributed by atoms with Crippen molar-refractivity contribution < 1.29 is 22.7 Å². The number of hydrogen-bond acceptors (Lipinski definition) is 5. The first-order valence-electron chi connectivity index (χ1n) is 10.0. The highest BCUT2D eigenvalue weighted by Crippen LogP contribution is 2.26. The van der Waals surface area contributed by atoms with Crippen LogP contribution in [0.2, 0.25) is 0 Å². The van der Waals surface area contributed by atoms with Crippen molar-refractivity contribution in [2.75, 3.05) is 20.2 Å². The summed E-state index contributed by atoms with van der Waals surface area (Å²) >= 11 is 0. The molecule has 0 aliphatic carbocycles. The molecule has 1 aliphatic rings. The molecular weight excluding hydrogens is 404 g/mol. The fraction of sp³-hybridized carbons (Fsp3) is 0.409. The maximum atomic E-state index is 12.8. The second kappa shape index (κ2) is 9.49. The predicted octanol–water partition coefficient (Wildman–Crippen LogP) is 3.20. The Morgan fingerprint density at radius 3 is 2.37 bits per heavy atom. The van der Waals surface area contributed by atoms with Crippen molar-refractivity contribution in [1.29, 1.82) is 0 Å². The summed E-state index contributed by atoms with van der Waals surface area (Å²) in [4.78, 5) is 12.9. The Hall–Kier alpha value is -2.58. The molecule has 1 N–H and O–H groups in total. The second-order valence-corrected chi connectivity index (χ2v) is 9.40. The Morgan fingerprint density at radius 2 is 1.77 bits per heavy atom. The van der Waals surface area contributed by atoms with Crippen LogP contribution in [0, 0.1) is 0 Å². The average molecular weight is 433 g/mol. The zero-order valence-corrected chi connectivity index (χ0v) is 18.4. The minimum atomic E-state index is -3.62. The van der Waals surface area contributed by atoms with Gasteiger partial charge in [0.05, 0.1) is 23.7 Å². The van der Waals surface area contributed by atoms with Crippen LogP contribution in [0.3, 0.4) is 0 Å². The molecule has 1 fully saturated rings. The van der Waals surface area contributed by atoms with Gasteiger partial charge in [-0.25, -0.2) is 8.42 Å². The number of carbonyl (C=O) groups excluding carboxylic acids is 1. The number of amides is 1. The summed E-state index contributed by atoms with van der Waals surface area (Å²) in [6.07, 6.45) is 1.79. The molecule has 1 aliphatic heterocycles. The lowest BCUT2D eigenvalue weighted by Crippen LogP contribution is -2.28. The van der Waals surface area contributed by atoms with E-state index in [1.54, 1.807) is 0 Å². The summed E-state index contributed by atoms with van der Waals surface area (Å²) in [6, 6.07) is 11.9. The fourth-order valence-electron chi connectivity index (χ4n) is 3.34. The van der Waals surface area contributed by atoms with Gasteiger partial charge < -0.3 is 14.8 Å². The Kier molecular flexibility index (Phi) is 6.99. The quantitative estimate of drug-likeness (QED) is 0.692. The number of methoxy groups -OCH3 is 1. The van der Waals surface area contributed by atoms with E-state index in [-0.39, 0.29) is 16.6 Å². The molecule has 2 aromatic carbocycles. The van der Waals surface area contributed by atoms with Crippen LogP contribution in [0.1, 0.15) is 42.6 Å². The van der Waals surface area contributed by atoms with Gasteiger partial charge in [-0.1, -0.05) is 12.1 Å². The van der Waals surface area contributed by atoms with E-state index in [2.05, 4.69) is 5.32 Å². The maximum Gasteiger partial charge on any atom is 0.255 e. The lowest BCUT2D eigenvalue weighted by atomic mass is 10.1. The molecule has 0 unspecified atom stereocenters. The van der Waals surface area contributed by atoms with E-state index < -0.39 is 15.9 Å². The van der Waals surface area contributed by atoms with E-state index in [9.17, 15) is 13.2 Å². The van der Waals surface area contributed by atoms with Crippen LogP contribution in [0.4, 0.5) is 0 Å². The lowest BCUT2D eigenvalue weighted by Gasteiger charge is -2.17. The van der Waals surface area contributed by atoms with Gasteiger partial charge in [0.2, 0.25) is 10.0 Å². The van der Waals surface area contributed by atoms with Gasteiger partial charge in [-0.3, -0.25) is 4.79 Å². The largest absolute Gasteiger partial charge is 0.496 e. The number of benzene rings is 2. The summed E-state index contributed by atoms with van der Waals surface area (Å²) in [7, 11) is -2.17. The third-order valence-corrected chi connectivity index (χ3v) is 6.76. The molecule has 8 heteroatoms. The van der Waals surface area contributed by atoms with Crippen molar-refractivity contribution >= 4 is 15.9 Å². The molecule has 1 saturated heterocycles. The number of ether oxygens (including phenoxy) is 2. The molecule has 3 rings (SSSR count). The van der Waals surface area contributed by atoms with Crippen molar-refractivity contribution in [3.8, 4) is 11.5 Å². The molecule has 0 saturated carbocycles. The van der Waals surface area contributed by atoms with Gasteiger partial charge in [0.15, 0.2) is 0 Å². The normalized spacial score (nSPS) is 14.7. The predicted molar refractivity (Wildman–Crippen MR) is 114 cm³/mol. The minimum Gasteiger partial charge on any atom is -0.496 e. The fourth-order valence-corrected chi connectivity index (χ4v) is 4.88. The van der Waals surface area contributed by atoms with Gasteiger partial charge in [-0.2, -0.15) is 4.31 Å². The highest BCUT2D eigenvalue weighted by Gasteiger charge is 2.28. The van der Waals surface area contributed by atoms with Crippen LogP contribution in [0.25, 0.3) is 0 Å². The minimum absolute atomic E-state index is 0.0899. The highest BCUT2D eigenvalue weighted by atomic mass is 32.2. The Morgan fingerprint density at radius 1 is 1.10 bits per heavy atom. The smallest absolute Gasteiger partial charge is 0.255 e. The number of nitrogens with one attached hydrogen (secondary N) is 1. The van der Waals surface area contributed by atoms with Crippen molar-refractivity contribution in [2.45, 2.75) is 44.2 Å². The van der Waals surface area contributed by atoms with Crippen LogP contribution in [0.5, 0.6) is 11.5 Å². The van der Waals surface area contributed by atoms with Crippen molar-refractivity contribution in [1.82, 2.24) is 9.62 Å². The number of nitrogens with zero attached hydrogens (tertiary/aromatic N) is 1. The van der Waals surface area contributed by atoms with Gasteiger partial charge >= 0.3 is 0 Å². The van der Waals surface area contributed by atoms with Crippen LogP contribution < -0.4 is 14.8 Å². The molecule has 162 valence electrons. The van der Waals surface area contributed by atoms with Crippen molar-refractivity contribution in [3.05, 3.63) is 53.6 Å². The zero-order chi connectivity index (χ0) is 21.7. The van der Waals surface area contributed by atoms with E-state index in [4.69, 9.17) is 9.47 Å². The SMILES string of the molecule is COc1ccc(S(=O)(=O)N2CCCC2)cc1C(=O)NCc1ccc(OC(C)C)cc1. The van der Waals surface area contributed by atoms with Crippen LogP contribution in [-0.2, 0) is 16.6 Å². The number of sulfonamides is 1. The molecule has 0 spiro atoms. The average Bonchev–Trinajstić information content (AvgIpc) is 3.28. The summed E-state index contributed by atoms with van der Waals surface area (Å²) in [5.74, 6) is 0.697. The van der Waals surface area contributed by atoms with Gasteiger partial charge in [-0.05, 0) is 62.6 Å². The van der Waals surface area contributed by atoms with Gasteiger partial charge in [0.1, 0.15) is 11.5 Å². The van der Waals surface area contributed by atoms with Crippen LogP contribution >= 0.6 is 0 Å². The van der Waals surface area contributed by atoms with Crippen molar-refractivity contribution in [3.63, 3.8) is 0 Å². The monoisotopic (exact) mass is 432 g/mol. The van der Waals surface area contributed by atoms with E-state index >= 15 is 0 Å². The molecular formula is C22H28N2O5S. The topological polar surface area (TPSA) is 84.9 Å². The summed E-state index contributed by atoms with van der Waals surface area (Å²) in [5, 5.41) is 2.83. The summed E-state index contributed by atoms with van der Waals surface area (Å²) in [5.41, 5.74) is 1.09. The molecule has 2 aromatic rings. The first-order valence-corrected chi connectivity index (χ1v) is 11.5. The first kappa shape index (κ1) is 22.1. The highest BCUT2D eigenvalue weighted by molar-refractivity contribution is 7.89. The third kappa shape index (κ3) is 5.12. The van der Waals surface area contributed by atoms with Crippen LogP contribution in [-0.4, -0.2) is 44.9 Å². The molecule has 0 radical (unpaired) electrons. The van der Waals surface area contributed by atoms with E-state index in [1.807, 2.05) is 38.1 Å². The van der Waals surface area contributed by atoms with Crippen molar-refractivity contribution in [2.24, 2.45) is 0 Å². The van der Waals surface area contributed by atoms with Gasteiger partial charge in [-0.15, -0.1) is 0 Å². The van der Waals surface area contributed by atoms with E-state index in [0.29, 0.717) is 25.4 Å². The first-order chi connectivity index (χ1) is 14.3. The second-order valence-electron chi connectivity index (χ2n) is 7.47. The lowest BCUT2D eigenvalue weighted by molar-refractivity contribution is 0.0947. The summed E-state index contributed by atoms with van der Waals surface area (Å²) < 4.78 is 38.0. The zero-order valence-electron chi connectivity index (χ0n) is 17.6. The van der Waals surface area contributed by atoms with Gasteiger partial charge in [0, 0.05) is 19.6 Å². The number of carbonyl (C=O) groups is 1. The van der Waals surface area contributed by atoms with Crippen LogP contribution in [0.15, 0.2) is 47.4 Å². The number of rotatable bonds is 8. The molecule has 1 heterocycles. The molecule has 30 heavy (non-hydrogen) atoms. The Balaban J connectivity index is 1.74. The Labute approximate surface area is 178 Å². The number of hydrogen-bond donors (Lipinski definition) is 1. The van der Waals surface area contributed by atoms with Gasteiger partial charge in [0.25, 0.3) is 5.91 Å². The summed E-state index contributed by atoms with van der Waals surface area (Å²) in [6.45, 7) is 5.23. The molecule has 0 atom stereocenters. The van der Waals surface area contributed by atoms with E-state index in [1.165, 1.54) is 29.6 Å². The molecule has 0 aromatic heterocycles.